The van der Waals surface area contributed by atoms with Crippen LogP contribution in [0.4, 0.5) is 0 Å². The number of hydrogen-bond acceptors (Lipinski definition) is 1. The van der Waals surface area contributed by atoms with E-state index >= 15 is 0 Å². The van der Waals surface area contributed by atoms with Crippen molar-refractivity contribution in [3.05, 3.63) is 23.8 Å². The van der Waals surface area contributed by atoms with Crippen LogP contribution in [0.2, 0.25) is 0 Å². The predicted octanol–water partition coefficient (Wildman–Crippen LogP) is 5.50. The molecule has 2 aliphatic rings. The minimum atomic E-state index is -0.454. The first-order valence-electron chi connectivity index (χ1n) is 8.84. The van der Waals surface area contributed by atoms with E-state index < -0.39 is 5.60 Å². The fourth-order valence-corrected chi connectivity index (χ4v) is 4.66. The molecule has 2 aliphatic carbocycles. The largest absolute Gasteiger partial charge is 0.390 e. The Morgan fingerprint density at radius 1 is 1.29 bits per heavy atom. The first-order valence-corrected chi connectivity index (χ1v) is 8.84. The molecule has 5 atom stereocenters. The second-order valence-electron chi connectivity index (χ2n) is 8.13. The molecular formula is C20H34O. The Balaban J connectivity index is 2.02. The zero-order valence-electron chi connectivity index (χ0n) is 14.5. The van der Waals surface area contributed by atoms with E-state index in [4.69, 9.17) is 0 Å². The molecular weight excluding hydrogens is 256 g/mol. The third-order valence-electron chi connectivity index (χ3n) is 6.13. The van der Waals surface area contributed by atoms with Gasteiger partial charge in [-0.3, -0.25) is 0 Å². The number of rotatable bonds is 4. The summed E-state index contributed by atoms with van der Waals surface area (Å²) < 4.78 is 0. The fraction of sp³-hybridized carbons (Fsp3) is 0.800. The number of aliphatic hydroxyl groups is 1. The second-order valence-corrected chi connectivity index (χ2v) is 8.13. The van der Waals surface area contributed by atoms with Crippen LogP contribution in [0, 0.1) is 23.7 Å². The first-order chi connectivity index (χ1) is 9.81. The van der Waals surface area contributed by atoms with Crippen molar-refractivity contribution in [2.45, 2.75) is 78.2 Å². The fourth-order valence-electron chi connectivity index (χ4n) is 4.66. The summed E-state index contributed by atoms with van der Waals surface area (Å²) in [5, 5.41) is 10.9. The zero-order valence-corrected chi connectivity index (χ0v) is 14.5. The van der Waals surface area contributed by atoms with Crippen molar-refractivity contribution in [2.75, 3.05) is 0 Å². The van der Waals surface area contributed by atoms with Crippen molar-refractivity contribution >= 4 is 0 Å². The molecule has 0 aliphatic heterocycles. The maximum Gasteiger partial charge on any atom is 0.0650 e. The topological polar surface area (TPSA) is 20.2 Å². The summed E-state index contributed by atoms with van der Waals surface area (Å²) in [6.07, 6.45) is 10.4. The van der Waals surface area contributed by atoms with E-state index in [0.717, 1.165) is 31.6 Å². The van der Waals surface area contributed by atoms with Gasteiger partial charge in [0.2, 0.25) is 0 Å². The van der Waals surface area contributed by atoms with Gasteiger partial charge in [0, 0.05) is 0 Å². The van der Waals surface area contributed by atoms with Gasteiger partial charge in [0.05, 0.1) is 5.60 Å². The molecule has 0 aromatic heterocycles. The molecule has 2 fully saturated rings. The van der Waals surface area contributed by atoms with Gasteiger partial charge in [-0.15, -0.1) is 0 Å². The van der Waals surface area contributed by atoms with Crippen LogP contribution in [0.15, 0.2) is 23.8 Å². The van der Waals surface area contributed by atoms with Gasteiger partial charge < -0.3 is 5.11 Å². The Labute approximate surface area is 131 Å². The maximum atomic E-state index is 10.9. The maximum absolute atomic E-state index is 10.9. The molecule has 0 bridgehead atoms. The number of hydrogen-bond donors (Lipinski definition) is 1. The molecule has 1 N–H and O–H groups in total. The molecule has 0 saturated heterocycles. The van der Waals surface area contributed by atoms with E-state index in [1.165, 1.54) is 30.4 Å². The molecule has 2 saturated carbocycles. The third-order valence-corrected chi connectivity index (χ3v) is 6.13. The van der Waals surface area contributed by atoms with Crippen molar-refractivity contribution < 1.29 is 5.11 Å². The summed E-state index contributed by atoms with van der Waals surface area (Å²) in [7, 11) is 0. The van der Waals surface area contributed by atoms with Crippen LogP contribution in [-0.2, 0) is 0 Å². The van der Waals surface area contributed by atoms with Crippen LogP contribution in [0.5, 0.6) is 0 Å². The molecule has 120 valence electrons. The quantitative estimate of drug-likeness (QED) is 0.678. The van der Waals surface area contributed by atoms with Crippen molar-refractivity contribution in [1.82, 2.24) is 0 Å². The smallest absolute Gasteiger partial charge is 0.0650 e. The van der Waals surface area contributed by atoms with E-state index in [1.54, 1.807) is 0 Å². The van der Waals surface area contributed by atoms with E-state index in [1.807, 2.05) is 0 Å². The minimum absolute atomic E-state index is 0.454. The van der Waals surface area contributed by atoms with Gasteiger partial charge in [0.25, 0.3) is 0 Å². The van der Waals surface area contributed by atoms with Gasteiger partial charge in [-0.05, 0) is 83.0 Å². The van der Waals surface area contributed by atoms with Gasteiger partial charge in [-0.1, -0.05) is 37.1 Å². The summed E-state index contributed by atoms with van der Waals surface area (Å²) in [6, 6.07) is 0. The Morgan fingerprint density at radius 2 is 2.00 bits per heavy atom. The molecule has 0 amide bonds. The molecule has 0 aromatic rings. The van der Waals surface area contributed by atoms with Gasteiger partial charge >= 0.3 is 0 Å². The number of fused-ring (bicyclic) bond motifs is 1. The first kappa shape index (κ1) is 16.8. The van der Waals surface area contributed by atoms with Crippen LogP contribution >= 0.6 is 0 Å². The lowest BCUT2D eigenvalue weighted by Crippen LogP contribution is -2.36. The summed E-state index contributed by atoms with van der Waals surface area (Å²) >= 11 is 0. The van der Waals surface area contributed by atoms with E-state index in [9.17, 15) is 5.11 Å². The Kier molecular flexibility index (Phi) is 5.35. The molecule has 1 heteroatoms. The van der Waals surface area contributed by atoms with Gasteiger partial charge in [0.1, 0.15) is 0 Å². The van der Waals surface area contributed by atoms with Crippen molar-refractivity contribution in [3.63, 3.8) is 0 Å². The van der Waals surface area contributed by atoms with Crippen LogP contribution < -0.4 is 0 Å². The van der Waals surface area contributed by atoms with E-state index in [2.05, 4.69) is 40.3 Å². The molecule has 1 nitrogen and oxygen atoms in total. The van der Waals surface area contributed by atoms with Crippen molar-refractivity contribution in [2.24, 2.45) is 23.7 Å². The highest BCUT2D eigenvalue weighted by atomic mass is 16.3. The van der Waals surface area contributed by atoms with Crippen LogP contribution in [0.25, 0.3) is 0 Å². The summed E-state index contributed by atoms with van der Waals surface area (Å²) in [5.41, 5.74) is 2.36. The summed E-state index contributed by atoms with van der Waals surface area (Å²) in [5.74, 6) is 2.61. The summed E-state index contributed by atoms with van der Waals surface area (Å²) in [6.45, 7) is 13.2. The summed E-state index contributed by atoms with van der Waals surface area (Å²) in [4.78, 5) is 0. The Morgan fingerprint density at radius 3 is 2.67 bits per heavy atom. The highest BCUT2D eigenvalue weighted by Crippen LogP contribution is 2.51. The van der Waals surface area contributed by atoms with Crippen LogP contribution in [0.3, 0.4) is 0 Å². The van der Waals surface area contributed by atoms with Crippen LogP contribution in [0.1, 0.15) is 72.6 Å². The molecule has 0 heterocycles. The second kappa shape index (κ2) is 6.69. The van der Waals surface area contributed by atoms with Gasteiger partial charge in [-0.25, -0.2) is 0 Å². The molecule has 0 radical (unpaired) electrons. The number of allylic oxidation sites excluding steroid dienone is 3. The highest BCUT2D eigenvalue weighted by molar-refractivity contribution is 5.08. The van der Waals surface area contributed by atoms with Gasteiger partial charge in [0.15, 0.2) is 0 Å². The monoisotopic (exact) mass is 290 g/mol. The Bertz CT molecular complexity index is 400. The minimum Gasteiger partial charge on any atom is -0.390 e. The molecule has 21 heavy (non-hydrogen) atoms. The van der Waals surface area contributed by atoms with Crippen LogP contribution in [-0.4, -0.2) is 10.7 Å². The van der Waals surface area contributed by atoms with E-state index in [0.29, 0.717) is 17.8 Å². The molecule has 0 aromatic carbocycles. The van der Waals surface area contributed by atoms with Crippen molar-refractivity contribution in [1.29, 1.82) is 0 Å². The van der Waals surface area contributed by atoms with Gasteiger partial charge in [-0.2, -0.15) is 0 Å². The average molecular weight is 290 g/mol. The predicted molar refractivity (Wildman–Crippen MR) is 91.1 cm³/mol. The zero-order chi connectivity index (χ0) is 15.6. The lowest BCUT2D eigenvalue weighted by Gasteiger charge is -2.33. The van der Waals surface area contributed by atoms with Crippen molar-refractivity contribution in [3.8, 4) is 0 Å². The average Bonchev–Trinajstić information content (AvgIpc) is 2.69. The highest BCUT2D eigenvalue weighted by Gasteiger charge is 2.46. The SMILES string of the molecule is C=C(CCC=C(C)C)C1CCC(C)(O)C2CCC(C)C2C1. The lowest BCUT2D eigenvalue weighted by molar-refractivity contribution is -0.0208. The molecule has 0 spiro atoms. The standard InChI is InChI=1S/C20H34O/c1-14(2)7-6-8-15(3)17-11-12-20(5,21)19-10-9-16(4)18(19)13-17/h7,16-19,21H,3,6,8-13H2,1-2,4-5H3. The normalized spacial score (nSPS) is 39.5. The van der Waals surface area contributed by atoms with E-state index in [-0.39, 0.29) is 0 Å². The molecule has 5 unspecified atom stereocenters. The lowest BCUT2D eigenvalue weighted by atomic mass is 9.77. The third kappa shape index (κ3) is 4.00. The Hall–Kier alpha value is -0.560. The molecule has 2 rings (SSSR count).